The topological polar surface area (TPSA) is 74.3 Å². The summed E-state index contributed by atoms with van der Waals surface area (Å²) in [6.07, 6.45) is -0.373. The van der Waals surface area contributed by atoms with Gasteiger partial charge in [0.25, 0.3) is 0 Å². The molecule has 4 atom stereocenters. The Balaban J connectivity index is 2.36. The molecule has 0 aliphatic carbocycles. The van der Waals surface area contributed by atoms with Crippen molar-refractivity contribution in [3.05, 3.63) is 0 Å². The van der Waals surface area contributed by atoms with Gasteiger partial charge in [0, 0.05) is 6.54 Å². The van der Waals surface area contributed by atoms with Gasteiger partial charge in [0.2, 0.25) is 8.32 Å². The van der Waals surface area contributed by atoms with E-state index in [1.807, 2.05) is 0 Å². The summed E-state index contributed by atoms with van der Waals surface area (Å²) in [7, 11) is 0.495. The normalized spacial score (nSPS) is 28.9. The van der Waals surface area contributed by atoms with Crippen molar-refractivity contribution in [3.63, 3.8) is 0 Å². The van der Waals surface area contributed by atoms with Gasteiger partial charge in [-0.1, -0.05) is 41.5 Å². The first-order chi connectivity index (χ1) is 12.6. The lowest BCUT2D eigenvalue weighted by Crippen LogP contribution is -2.53. The van der Waals surface area contributed by atoms with E-state index in [9.17, 15) is 9.59 Å². The summed E-state index contributed by atoms with van der Waals surface area (Å²) in [5.41, 5.74) is 1.30. The SMILES string of the molecule is COC(=O)[C@@H]1[C@@H]2[C@@H](O[Si](C(C)C)(C(C)C)C(C)C)CCN2O[C@@H]1C(=O)OC. The molecule has 0 aromatic rings. The summed E-state index contributed by atoms with van der Waals surface area (Å²) in [5.74, 6) is -1.76. The number of carbonyl (C=O) groups excluding carboxylic acids is 2. The third-order valence-electron chi connectivity index (χ3n) is 6.26. The van der Waals surface area contributed by atoms with Crippen molar-refractivity contribution in [2.24, 2.45) is 5.92 Å². The fourth-order valence-electron chi connectivity index (χ4n) is 5.19. The minimum Gasteiger partial charge on any atom is -0.469 e. The van der Waals surface area contributed by atoms with Gasteiger partial charge in [-0.15, -0.1) is 0 Å². The number of hydroxylamine groups is 2. The largest absolute Gasteiger partial charge is 0.469 e. The zero-order valence-electron chi connectivity index (χ0n) is 17.9. The molecule has 7 nitrogen and oxygen atoms in total. The van der Waals surface area contributed by atoms with E-state index in [1.165, 1.54) is 14.2 Å². The zero-order chi connectivity index (χ0) is 20.5. The highest BCUT2D eigenvalue weighted by Gasteiger charge is 2.59. The number of hydrogen-bond donors (Lipinski definition) is 0. The Bertz CT molecular complexity index is 531. The molecule has 156 valence electrons. The molecule has 0 radical (unpaired) electrons. The molecule has 0 unspecified atom stereocenters. The van der Waals surface area contributed by atoms with Gasteiger partial charge >= 0.3 is 11.9 Å². The van der Waals surface area contributed by atoms with E-state index in [4.69, 9.17) is 18.7 Å². The molecule has 8 heteroatoms. The average Bonchev–Trinajstić information content (AvgIpc) is 3.16. The number of hydrogen-bond acceptors (Lipinski definition) is 7. The van der Waals surface area contributed by atoms with Crippen LogP contribution in [0.5, 0.6) is 0 Å². The lowest BCUT2D eigenvalue weighted by atomic mass is 9.92. The number of ether oxygens (including phenoxy) is 2. The highest BCUT2D eigenvalue weighted by Crippen LogP contribution is 2.47. The average molecular weight is 402 g/mol. The Morgan fingerprint density at radius 2 is 1.48 bits per heavy atom. The molecule has 2 heterocycles. The fraction of sp³-hybridized carbons (Fsp3) is 0.895. The number of nitrogens with zero attached hydrogens (tertiary/aromatic N) is 1. The molecule has 0 bridgehead atoms. The van der Waals surface area contributed by atoms with Crippen LogP contribution < -0.4 is 0 Å². The Labute approximate surface area is 163 Å². The molecular weight excluding hydrogens is 366 g/mol. The van der Waals surface area contributed by atoms with Crippen molar-refractivity contribution in [2.45, 2.75) is 82.8 Å². The molecule has 27 heavy (non-hydrogen) atoms. The van der Waals surface area contributed by atoms with Gasteiger partial charge in [0.1, 0.15) is 5.92 Å². The zero-order valence-corrected chi connectivity index (χ0v) is 18.9. The number of esters is 2. The number of rotatable bonds is 7. The lowest BCUT2D eigenvalue weighted by molar-refractivity contribution is -0.184. The smallest absolute Gasteiger partial charge is 0.338 e. The predicted octanol–water partition coefficient (Wildman–Crippen LogP) is 2.90. The third-order valence-corrected chi connectivity index (χ3v) is 12.4. The van der Waals surface area contributed by atoms with E-state index in [0.29, 0.717) is 23.2 Å². The van der Waals surface area contributed by atoms with Gasteiger partial charge in [-0.2, -0.15) is 5.06 Å². The Kier molecular flexibility index (Phi) is 7.10. The van der Waals surface area contributed by atoms with Crippen molar-refractivity contribution >= 4 is 20.3 Å². The highest BCUT2D eigenvalue weighted by molar-refractivity contribution is 6.77. The number of carbonyl (C=O) groups is 2. The molecule has 2 aliphatic heterocycles. The van der Waals surface area contributed by atoms with Crippen molar-refractivity contribution in [1.29, 1.82) is 0 Å². The highest BCUT2D eigenvalue weighted by atomic mass is 28.4. The molecule has 0 aromatic carbocycles. The van der Waals surface area contributed by atoms with Crippen LogP contribution in [0.1, 0.15) is 48.0 Å². The second kappa shape index (κ2) is 8.59. The molecule has 2 aliphatic rings. The molecule has 2 rings (SSSR count). The molecular formula is C19H35NO6Si. The standard InChI is InChI=1S/C19H35NO6Si/c1-11(2)27(12(3)4,13(5)6)26-14-9-10-20-16(14)15(18(21)23-7)17(25-20)19(22)24-8/h11-17H,9-10H2,1-8H3/t14-,15+,16-,17-/m0/s1. The molecule has 0 aromatic heterocycles. The maximum absolute atomic E-state index is 12.5. The Morgan fingerprint density at radius 3 is 1.93 bits per heavy atom. The van der Waals surface area contributed by atoms with Crippen LogP contribution in [0.3, 0.4) is 0 Å². The van der Waals surface area contributed by atoms with Gasteiger partial charge in [0.05, 0.1) is 26.4 Å². The van der Waals surface area contributed by atoms with E-state index >= 15 is 0 Å². The molecule has 0 spiro atoms. The summed E-state index contributed by atoms with van der Waals surface area (Å²) in [6, 6.07) is -0.329. The van der Waals surface area contributed by atoms with Gasteiger partial charge in [-0.3, -0.25) is 9.63 Å². The van der Waals surface area contributed by atoms with E-state index < -0.39 is 32.3 Å². The molecule has 2 fully saturated rings. The Hall–Kier alpha value is -0.963. The summed E-state index contributed by atoms with van der Waals surface area (Å²) in [6.45, 7) is 14.0. The predicted molar refractivity (Wildman–Crippen MR) is 103 cm³/mol. The van der Waals surface area contributed by atoms with Crippen molar-refractivity contribution in [3.8, 4) is 0 Å². The number of fused-ring (bicyclic) bond motifs is 1. The van der Waals surface area contributed by atoms with Crippen molar-refractivity contribution in [1.82, 2.24) is 5.06 Å². The maximum Gasteiger partial charge on any atom is 0.338 e. The fourth-order valence-corrected chi connectivity index (χ4v) is 10.8. The van der Waals surface area contributed by atoms with E-state index in [2.05, 4.69) is 41.5 Å². The van der Waals surface area contributed by atoms with Gasteiger partial charge in [-0.25, -0.2) is 4.79 Å². The van der Waals surface area contributed by atoms with Crippen LogP contribution in [0.25, 0.3) is 0 Å². The van der Waals surface area contributed by atoms with Gasteiger partial charge in [0.15, 0.2) is 6.10 Å². The first kappa shape index (κ1) is 22.3. The van der Waals surface area contributed by atoms with Gasteiger partial charge < -0.3 is 13.9 Å². The summed E-state index contributed by atoms with van der Waals surface area (Å²) < 4.78 is 16.8. The van der Waals surface area contributed by atoms with Crippen LogP contribution in [-0.4, -0.2) is 64.3 Å². The van der Waals surface area contributed by atoms with E-state index in [-0.39, 0.29) is 12.1 Å². The minimum atomic E-state index is -2.14. The maximum atomic E-state index is 12.5. The second-order valence-electron chi connectivity index (χ2n) is 8.49. The minimum absolute atomic E-state index is 0.164. The second-order valence-corrected chi connectivity index (χ2v) is 13.9. The Morgan fingerprint density at radius 1 is 0.963 bits per heavy atom. The van der Waals surface area contributed by atoms with Gasteiger partial charge in [-0.05, 0) is 23.0 Å². The molecule has 0 N–H and O–H groups in total. The molecule has 0 amide bonds. The third kappa shape index (κ3) is 3.81. The first-order valence-corrected chi connectivity index (χ1v) is 12.0. The molecule has 0 saturated carbocycles. The van der Waals surface area contributed by atoms with Crippen molar-refractivity contribution in [2.75, 3.05) is 20.8 Å². The van der Waals surface area contributed by atoms with E-state index in [1.54, 1.807) is 5.06 Å². The summed E-state index contributed by atoms with van der Waals surface area (Å²) in [5, 5.41) is 1.73. The van der Waals surface area contributed by atoms with Crippen LogP contribution in [0.4, 0.5) is 0 Å². The monoisotopic (exact) mass is 401 g/mol. The lowest BCUT2D eigenvalue weighted by Gasteiger charge is -2.45. The summed E-state index contributed by atoms with van der Waals surface area (Å²) in [4.78, 5) is 30.5. The van der Waals surface area contributed by atoms with Crippen LogP contribution in [0.2, 0.25) is 16.6 Å². The van der Waals surface area contributed by atoms with Crippen LogP contribution in [0, 0.1) is 5.92 Å². The molecule has 2 saturated heterocycles. The van der Waals surface area contributed by atoms with Crippen LogP contribution in [0.15, 0.2) is 0 Å². The summed E-state index contributed by atoms with van der Waals surface area (Å²) >= 11 is 0. The quantitative estimate of drug-likeness (QED) is 0.480. The van der Waals surface area contributed by atoms with Crippen LogP contribution in [-0.2, 0) is 28.3 Å². The first-order valence-electron chi connectivity index (χ1n) is 9.88. The number of methoxy groups -OCH3 is 2. The van der Waals surface area contributed by atoms with Crippen LogP contribution >= 0.6 is 0 Å². The van der Waals surface area contributed by atoms with E-state index in [0.717, 1.165) is 6.42 Å². The van der Waals surface area contributed by atoms with Crippen molar-refractivity contribution < 1.29 is 28.3 Å².